The molecule has 4 nitrogen and oxygen atoms in total. The molecule has 2 N–H and O–H groups in total. The maximum atomic E-state index is 13.8. The van der Waals surface area contributed by atoms with E-state index in [0.29, 0.717) is 33.6 Å². The van der Waals surface area contributed by atoms with Crippen LogP contribution < -0.4 is 10.6 Å². The minimum atomic E-state index is -4.58. The molecule has 0 amide bonds. The van der Waals surface area contributed by atoms with Crippen molar-refractivity contribution in [3.63, 3.8) is 0 Å². The minimum Gasteiger partial charge on any atom is -0.386 e. The number of allylic oxidation sites excluding steroid dienone is 2. The highest BCUT2D eigenvalue weighted by Gasteiger charge is 2.35. The second-order valence-corrected chi connectivity index (χ2v) is 7.30. The molecule has 150 valence electrons. The Morgan fingerprint density at radius 3 is 2.59 bits per heavy atom. The third-order valence-corrected chi connectivity index (χ3v) is 5.19. The highest BCUT2D eigenvalue weighted by Crippen LogP contribution is 2.39. The summed E-state index contributed by atoms with van der Waals surface area (Å²) in [6, 6.07) is 9.11. The predicted molar refractivity (Wildman–Crippen MR) is 110 cm³/mol. The lowest BCUT2D eigenvalue weighted by Gasteiger charge is -2.17. The first-order valence-electron chi connectivity index (χ1n) is 8.68. The monoisotopic (exact) mass is 438 g/mol. The van der Waals surface area contributed by atoms with E-state index in [4.69, 9.17) is 23.2 Å². The fourth-order valence-corrected chi connectivity index (χ4v) is 3.73. The van der Waals surface area contributed by atoms with Crippen molar-refractivity contribution in [1.82, 2.24) is 14.7 Å². The van der Waals surface area contributed by atoms with Gasteiger partial charge in [0.2, 0.25) is 0 Å². The molecule has 0 bridgehead atoms. The average molecular weight is 439 g/mol. The predicted octanol–water partition coefficient (Wildman–Crippen LogP) is 6.13. The van der Waals surface area contributed by atoms with Gasteiger partial charge >= 0.3 is 6.18 Å². The van der Waals surface area contributed by atoms with Gasteiger partial charge in [0.05, 0.1) is 15.7 Å². The number of rotatable bonds is 3. The lowest BCUT2D eigenvalue weighted by Crippen LogP contribution is -2.14. The van der Waals surface area contributed by atoms with E-state index < -0.39 is 11.9 Å². The Morgan fingerprint density at radius 2 is 1.90 bits per heavy atom. The van der Waals surface area contributed by atoms with Crippen molar-refractivity contribution < 1.29 is 13.2 Å². The number of hydrogen-bond donors (Lipinski definition) is 2. The van der Waals surface area contributed by atoms with E-state index in [9.17, 15) is 13.2 Å². The fraction of sp³-hybridized carbons (Fsp3) is 0.150. The number of hydrogen-bond acceptors (Lipinski definition) is 3. The maximum absolute atomic E-state index is 13.8. The summed E-state index contributed by atoms with van der Waals surface area (Å²) in [6.07, 6.45) is -1.20. The summed E-state index contributed by atoms with van der Waals surface area (Å²) in [5, 5.41) is 6.79. The minimum absolute atomic E-state index is 0.142. The molecule has 0 atom stereocenters. The van der Waals surface area contributed by atoms with Gasteiger partial charge < -0.3 is 10.6 Å². The van der Waals surface area contributed by atoms with Gasteiger partial charge in [0.1, 0.15) is 22.9 Å². The van der Waals surface area contributed by atoms with Crippen molar-refractivity contribution in [2.24, 2.45) is 0 Å². The number of para-hydroxylation sites is 1. The van der Waals surface area contributed by atoms with Gasteiger partial charge in [0, 0.05) is 18.3 Å². The SMILES string of the molecule is Cc1cccc(Cl)c1Nc1c(C2=CCNC=C2Cl)nc2cccc(C(F)(F)F)n12. The van der Waals surface area contributed by atoms with Crippen molar-refractivity contribution >= 4 is 45.9 Å². The van der Waals surface area contributed by atoms with E-state index in [1.165, 1.54) is 12.1 Å². The second-order valence-electron chi connectivity index (χ2n) is 6.49. The molecule has 1 aliphatic rings. The van der Waals surface area contributed by atoms with Gasteiger partial charge in [-0.25, -0.2) is 4.98 Å². The zero-order chi connectivity index (χ0) is 20.8. The molecule has 4 rings (SSSR count). The second kappa shape index (κ2) is 7.31. The van der Waals surface area contributed by atoms with Gasteiger partial charge in [-0.3, -0.25) is 4.40 Å². The molecule has 1 aromatic carbocycles. The van der Waals surface area contributed by atoms with E-state index in [2.05, 4.69) is 15.6 Å². The molecule has 29 heavy (non-hydrogen) atoms. The Balaban J connectivity index is 2.02. The number of fused-ring (bicyclic) bond motifs is 1. The fourth-order valence-electron chi connectivity index (χ4n) is 3.22. The number of pyridine rings is 1. The van der Waals surface area contributed by atoms with Crippen LogP contribution in [0.5, 0.6) is 0 Å². The Bertz CT molecular complexity index is 1140. The highest BCUT2D eigenvalue weighted by molar-refractivity contribution is 6.37. The highest BCUT2D eigenvalue weighted by atomic mass is 35.5. The molecule has 9 heteroatoms. The van der Waals surface area contributed by atoms with Gasteiger partial charge in [-0.15, -0.1) is 0 Å². The summed E-state index contributed by atoms with van der Waals surface area (Å²) in [5.74, 6) is 0.142. The number of imidazole rings is 1. The molecule has 3 heterocycles. The van der Waals surface area contributed by atoms with Crippen LogP contribution in [0, 0.1) is 6.92 Å². The summed E-state index contributed by atoms with van der Waals surface area (Å²) in [4.78, 5) is 4.45. The average Bonchev–Trinajstić information content (AvgIpc) is 3.02. The van der Waals surface area contributed by atoms with Crippen molar-refractivity contribution in [3.05, 3.63) is 75.7 Å². The van der Waals surface area contributed by atoms with Gasteiger partial charge in [0.25, 0.3) is 0 Å². The van der Waals surface area contributed by atoms with Gasteiger partial charge in [-0.05, 0) is 30.7 Å². The molecule has 2 aromatic heterocycles. The summed E-state index contributed by atoms with van der Waals surface area (Å²) in [7, 11) is 0. The van der Waals surface area contributed by atoms with E-state index in [1.54, 1.807) is 24.4 Å². The van der Waals surface area contributed by atoms with Crippen LogP contribution in [0.4, 0.5) is 24.7 Å². The number of anilines is 2. The molecule has 1 aliphatic heterocycles. The number of nitrogens with zero attached hydrogens (tertiary/aromatic N) is 2. The van der Waals surface area contributed by atoms with Gasteiger partial charge in [-0.1, -0.05) is 47.5 Å². The Hall–Kier alpha value is -2.64. The van der Waals surface area contributed by atoms with Gasteiger partial charge in [-0.2, -0.15) is 13.2 Å². The number of aryl methyl sites for hydroxylation is 1. The number of dihydropyridines is 1. The van der Waals surface area contributed by atoms with Crippen molar-refractivity contribution in [3.8, 4) is 0 Å². The van der Waals surface area contributed by atoms with E-state index >= 15 is 0 Å². The first kappa shape index (κ1) is 19.7. The van der Waals surface area contributed by atoms with Crippen LogP contribution >= 0.6 is 23.2 Å². The number of halogens is 5. The largest absolute Gasteiger partial charge is 0.431 e. The standard InChI is InChI=1S/C20H15Cl2F3N4/c1-11-4-2-5-13(21)17(11)28-19-18(12-8-9-26-10-14(12)22)27-16-7-3-6-15(29(16)19)20(23,24)25/h2-8,10,26,28H,9H2,1H3. The van der Waals surface area contributed by atoms with Crippen LogP contribution in [0.15, 0.2) is 53.7 Å². The molecule has 0 spiro atoms. The van der Waals surface area contributed by atoms with Crippen molar-refractivity contribution in [1.29, 1.82) is 0 Å². The van der Waals surface area contributed by atoms with E-state index in [-0.39, 0.29) is 11.5 Å². The van der Waals surface area contributed by atoms with E-state index in [0.717, 1.165) is 16.0 Å². The first-order valence-corrected chi connectivity index (χ1v) is 9.43. The third kappa shape index (κ3) is 3.56. The topological polar surface area (TPSA) is 41.4 Å². The first-order chi connectivity index (χ1) is 13.8. The molecule has 3 aromatic rings. The lowest BCUT2D eigenvalue weighted by molar-refractivity contribution is -0.141. The summed E-state index contributed by atoms with van der Waals surface area (Å²) in [6.45, 7) is 2.30. The van der Waals surface area contributed by atoms with Crippen molar-refractivity contribution in [2.75, 3.05) is 11.9 Å². The summed E-state index contributed by atoms with van der Waals surface area (Å²) in [5.41, 5.74) is 1.42. The molecule has 0 unspecified atom stereocenters. The van der Waals surface area contributed by atoms with Crippen LogP contribution in [0.1, 0.15) is 17.0 Å². The maximum Gasteiger partial charge on any atom is 0.431 e. The van der Waals surface area contributed by atoms with Crippen LogP contribution in [0.2, 0.25) is 5.02 Å². The third-order valence-electron chi connectivity index (χ3n) is 4.56. The normalized spacial score (nSPS) is 14.4. The lowest BCUT2D eigenvalue weighted by atomic mass is 10.1. The quantitative estimate of drug-likeness (QED) is 0.516. The van der Waals surface area contributed by atoms with Crippen LogP contribution in [-0.4, -0.2) is 15.9 Å². The number of nitrogens with one attached hydrogen (secondary N) is 2. The van der Waals surface area contributed by atoms with Crippen LogP contribution in [0.3, 0.4) is 0 Å². The van der Waals surface area contributed by atoms with Crippen LogP contribution in [0.25, 0.3) is 11.2 Å². The zero-order valence-electron chi connectivity index (χ0n) is 15.1. The Labute approximate surface area is 174 Å². The number of aromatic nitrogens is 2. The van der Waals surface area contributed by atoms with Crippen LogP contribution in [-0.2, 0) is 6.18 Å². The summed E-state index contributed by atoms with van der Waals surface area (Å²) < 4.78 is 42.3. The Kier molecular flexibility index (Phi) is 4.96. The van der Waals surface area contributed by atoms with E-state index in [1.807, 2.05) is 13.0 Å². The summed E-state index contributed by atoms with van der Waals surface area (Å²) >= 11 is 12.6. The molecular formula is C20H15Cl2F3N4. The number of benzene rings is 1. The van der Waals surface area contributed by atoms with Crippen molar-refractivity contribution in [2.45, 2.75) is 13.1 Å². The molecular weight excluding hydrogens is 424 g/mol. The molecule has 0 saturated heterocycles. The molecule has 0 radical (unpaired) electrons. The molecule has 0 fully saturated rings. The smallest absolute Gasteiger partial charge is 0.386 e. The molecule has 0 saturated carbocycles. The Morgan fingerprint density at radius 1 is 1.14 bits per heavy atom. The number of alkyl halides is 3. The van der Waals surface area contributed by atoms with Gasteiger partial charge in [0.15, 0.2) is 0 Å². The molecule has 0 aliphatic carbocycles. The zero-order valence-corrected chi connectivity index (χ0v) is 16.6.